The lowest BCUT2D eigenvalue weighted by molar-refractivity contribution is -0.129. The van der Waals surface area contributed by atoms with Crippen LogP contribution in [0.2, 0.25) is 0 Å². The fourth-order valence-corrected chi connectivity index (χ4v) is 0.743. The van der Waals surface area contributed by atoms with Crippen molar-refractivity contribution >= 4 is 6.47 Å². The zero-order chi connectivity index (χ0) is 7.23. The third kappa shape index (κ3) is 1.92. The minimum atomic E-state index is 0.204. The van der Waals surface area contributed by atoms with E-state index in [9.17, 15) is 4.79 Å². The highest BCUT2D eigenvalue weighted by Crippen LogP contribution is 2.04. The van der Waals surface area contributed by atoms with Gasteiger partial charge in [-0.05, 0) is 12.2 Å². The molecule has 1 aliphatic carbocycles. The lowest BCUT2D eigenvalue weighted by atomic mass is 10.1. The van der Waals surface area contributed by atoms with Crippen molar-refractivity contribution in [1.29, 1.82) is 0 Å². The maximum atomic E-state index is 9.76. The fourth-order valence-electron chi connectivity index (χ4n) is 0.743. The molecule has 1 aliphatic rings. The fraction of sp³-hybridized carbons (Fsp3) is 0.250. The van der Waals surface area contributed by atoms with Gasteiger partial charge in [0.25, 0.3) is 6.47 Å². The molecule has 0 aromatic heterocycles. The molecule has 52 valence electrons. The third-order valence-corrected chi connectivity index (χ3v) is 1.22. The molecule has 1 rings (SSSR count). The van der Waals surface area contributed by atoms with Gasteiger partial charge in [-0.15, -0.1) is 5.73 Å². The van der Waals surface area contributed by atoms with Gasteiger partial charge >= 0.3 is 0 Å². The van der Waals surface area contributed by atoms with Gasteiger partial charge in [0, 0.05) is 5.92 Å². The average Bonchev–Trinajstić information content (AvgIpc) is 2.03. The Balaban J connectivity index is 2.36. The van der Waals surface area contributed by atoms with Crippen molar-refractivity contribution in [2.45, 2.75) is 0 Å². The van der Waals surface area contributed by atoms with E-state index in [-0.39, 0.29) is 5.92 Å². The summed E-state index contributed by atoms with van der Waals surface area (Å²) in [6.07, 6.45) is 7.53. The number of hydrogen-bond acceptors (Lipinski definition) is 2. The predicted molar refractivity (Wildman–Crippen MR) is 37.3 cm³/mol. The second kappa shape index (κ2) is 3.70. The van der Waals surface area contributed by atoms with E-state index >= 15 is 0 Å². The molecular weight excluding hydrogens is 128 g/mol. The second-order valence-corrected chi connectivity index (χ2v) is 1.98. The number of rotatable bonds is 3. The minimum Gasteiger partial charge on any atom is -0.467 e. The van der Waals surface area contributed by atoms with Crippen LogP contribution >= 0.6 is 0 Å². The molecule has 1 atom stereocenters. The Kier molecular flexibility index (Phi) is 2.53. The topological polar surface area (TPSA) is 26.3 Å². The maximum absolute atomic E-state index is 9.76. The van der Waals surface area contributed by atoms with Crippen molar-refractivity contribution in [1.82, 2.24) is 0 Å². The summed E-state index contributed by atoms with van der Waals surface area (Å²) in [6, 6.07) is 0. The minimum absolute atomic E-state index is 0.204. The van der Waals surface area contributed by atoms with E-state index in [4.69, 9.17) is 0 Å². The molecular formula is C8H8O2. The molecule has 0 fully saturated rings. The Morgan fingerprint density at radius 2 is 2.60 bits per heavy atom. The summed E-state index contributed by atoms with van der Waals surface area (Å²) in [5, 5.41) is 0. The quantitative estimate of drug-likeness (QED) is 0.428. The van der Waals surface area contributed by atoms with Crippen molar-refractivity contribution in [2.24, 2.45) is 5.92 Å². The molecule has 0 amide bonds. The van der Waals surface area contributed by atoms with E-state index in [1.807, 2.05) is 24.3 Å². The highest BCUT2D eigenvalue weighted by atomic mass is 16.5. The van der Waals surface area contributed by atoms with Crippen LogP contribution in [0.4, 0.5) is 0 Å². The van der Waals surface area contributed by atoms with Gasteiger partial charge in [0.2, 0.25) is 0 Å². The van der Waals surface area contributed by atoms with Crippen LogP contribution in [0.25, 0.3) is 0 Å². The van der Waals surface area contributed by atoms with E-state index < -0.39 is 0 Å². The molecule has 2 nitrogen and oxygen atoms in total. The van der Waals surface area contributed by atoms with E-state index in [0.717, 1.165) is 0 Å². The van der Waals surface area contributed by atoms with Gasteiger partial charge in [-0.3, -0.25) is 4.79 Å². The number of hydrogen-bond donors (Lipinski definition) is 0. The molecule has 0 heterocycles. The molecule has 0 saturated carbocycles. The average molecular weight is 136 g/mol. The van der Waals surface area contributed by atoms with Gasteiger partial charge in [0.05, 0.1) is 0 Å². The lowest BCUT2D eigenvalue weighted by Gasteiger charge is -2.04. The highest BCUT2D eigenvalue weighted by molar-refractivity contribution is 5.37. The molecule has 0 N–H and O–H groups in total. The van der Waals surface area contributed by atoms with Crippen molar-refractivity contribution in [3.63, 3.8) is 0 Å². The summed E-state index contributed by atoms with van der Waals surface area (Å²) >= 11 is 0. The Hall–Kier alpha value is -1.27. The van der Waals surface area contributed by atoms with E-state index in [1.165, 1.54) is 0 Å². The van der Waals surface area contributed by atoms with Crippen LogP contribution in [0.5, 0.6) is 0 Å². The van der Waals surface area contributed by atoms with Crippen LogP contribution in [-0.2, 0) is 9.53 Å². The number of carbonyl (C=O) groups excluding carboxylic acids is 1. The smallest absolute Gasteiger partial charge is 0.293 e. The van der Waals surface area contributed by atoms with Crippen LogP contribution < -0.4 is 0 Å². The van der Waals surface area contributed by atoms with Crippen LogP contribution in [-0.4, -0.2) is 13.1 Å². The molecule has 1 unspecified atom stereocenters. The van der Waals surface area contributed by atoms with E-state index in [0.29, 0.717) is 13.1 Å². The van der Waals surface area contributed by atoms with Gasteiger partial charge < -0.3 is 4.74 Å². The largest absolute Gasteiger partial charge is 0.467 e. The van der Waals surface area contributed by atoms with Gasteiger partial charge in [0.1, 0.15) is 6.61 Å². The first-order valence-corrected chi connectivity index (χ1v) is 3.08. The first kappa shape index (κ1) is 6.84. The monoisotopic (exact) mass is 136 g/mol. The lowest BCUT2D eigenvalue weighted by Crippen LogP contribution is -2.03. The van der Waals surface area contributed by atoms with Crippen molar-refractivity contribution in [3.05, 3.63) is 30.0 Å². The van der Waals surface area contributed by atoms with Gasteiger partial charge in [-0.1, -0.05) is 12.2 Å². The molecule has 0 aromatic carbocycles. The van der Waals surface area contributed by atoms with E-state index in [2.05, 4.69) is 10.5 Å². The molecule has 0 aliphatic heterocycles. The van der Waals surface area contributed by atoms with Crippen molar-refractivity contribution in [2.75, 3.05) is 6.61 Å². The summed E-state index contributed by atoms with van der Waals surface area (Å²) in [5.74, 6) is 0.204. The van der Waals surface area contributed by atoms with Crippen LogP contribution in [0.1, 0.15) is 0 Å². The van der Waals surface area contributed by atoms with Gasteiger partial charge in [-0.2, -0.15) is 0 Å². The molecule has 0 bridgehead atoms. The van der Waals surface area contributed by atoms with Gasteiger partial charge in [0.15, 0.2) is 0 Å². The predicted octanol–water partition coefficient (Wildman–Crippen LogP) is 1.06. The van der Waals surface area contributed by atoms with Crippen LogP contribution in [0, 0.1) is 5.92 Å². The summed E-state index contributed by atoms with van der Waals surface area (Å²) < 4.78 is 4.56. The molecule has 0 aromatic rings. The SMILES string of the molecule is O=COCC1C=C=CC=C1. The zero-order valence-corrected chi connectivity index (χ0v) is 5.49. The third-order valence-electron chi connectivity index (χ3n) is 1.22. The zero-order valence-electron chi connectivity index (χ0n) is 5.49. The van der Waals surface area contributed by atoms with E-state index in [1.54, 1.807) is 0 Å². The Labute approximate surface area is 59.5 Å². The summed E-state index contributed by atoms with van der Waals surface area (Å²) in [5.41, 5.74) is 2.91. The van der Waals surface area contributed by atoms with Gasteiger partial charge in [-0.25, -0.2) is 0 Å². The summed E-state index contributed by atoms with van der Waals surface area (Å²) in [6.45, 7) is 0.876. The highest BCUT2D eigenvalue weighted by Gasteiger charge is 1.99. The summed E-state index contributed by atoms with van der Waals surface area (Å²) in [4.78, 5) is 9.76. The summed E-state index contributed by atoms with van der Waals surface area (Å²) in [7, 11) is 0. The number of allylic oxidation sites excluding steroid dienone is 1. The number of carbonyl (C=O) groups is 1. The normalized spacial score (nSPS) is 21.0. The number of ether oxygens (including phenoxy) is 1. The molecule has 0 radical (unpaired) electrons. The van der Waals surface area contributed by atoms with Crippen molar-refractivity contribution < 1.29 is 9.53 Å². The Morgan fingerprint density at radius 3 is 3.20 bits per heavy atom. The molecule has 0 saturated heterocycles. The molecule has 2 heteroatoms. The second-order valence-electron chi connectivity index (χ2n) is 1.98. The molecule has 0 spiro atoms. The standard InChI is InChI=1S/C8H8O2/c9-7-10-6-8-4-2-1-3-5-8/h1-2,4-5,7-8H,6H2. The first-order valence-electron chi connectivity index (χ1n) is 3.08. The first-order chi connectivity index (χ1) is 4.93. The van der Waals surface area contributed by atoms with Crippen LogP contribution in [0.15, 0.2) is 30.0 Å². The Bertz CT molecular complexity index is 197. The maximum Gasteiger partial charge on any atom is 0.293 e. The Morgan fingerprint density at radius 1 is 1.70 bits per heavy atom. The molecule has 10 heavy (non-hydrogen) atoms. The van der Waals surface area contributed by atoms with Crippen molar-refractivity contribution in [3.8, 4) is 0 Å². The van der Waals surface area contributed by atoms with Crippen LogP contribution in [0.3, 0.4) is 0 Å².